The van der Waals surface area contributed by atoms with Gasteiger partial charge in [0.1, 0.15) is 18.5 Å². The van der Waals surface area contributed by atoms with Gasteiger partial charge < -0.3 is 24.1 Å². The summed E-state index contributed by atoms with van der Waals surface area (Å²) in [7, 11) is 1.34. The van der Waals surface area contributed by atoms with Crippen LogP contribution in [0.2, 0.25) is 0 Å². The van der Waals surface area contributed by atoms with Crippen molar-refractivity contribution < 1.29 is 28.6 Å². The molecule has 1 aromatic carbocycles. The highest BCUT2D eigenvalue weighted by Crippen LogP contribution is 2.30. The number of benzene rings is 1. The number of hydrogen-bond donors (Lipinski definition) is 2. The lowest BCUT2D eigenvalue weighted by Crippen LogP contribution is -2.43. The van der Waals surface area contributed by atoms with Crippen LogP contribution in [0.3, 0.4) is 0 Å². The number of carbonyl (C=O) groups excluding carboxylic acids is 3. The second kappa shape index (κ2) is 12.1. The lowest BCUT2D eigenvalue weighted by atomic mass is 10.1. The van der Waals surface area contributed by atoms with Crippen molar-refractivity contribution in [3.63, 3.8) is 0 Å². The van der Waals surface area contributed by atoms with Crippen molar-refractivity contribution in [3.8, 4) is 0 Å². The highest BCUT2D eigenvalue weighted by atomic mass is 16.6. The maximum Gasteiger partial charge on any atom is 0.413 e. The molecule has 208 valence electrons. The standard InChI is InChI=1S/C26H33N7O6/c1-26(2,3)39-24(35)27-11-18-10-19(12-32(18)13-20(34)37-4)33-16-30-21-22(28-15-29-23(21)33)31-25(36)38-14-17-8-6-5-7-9-17/h5-9,15-16,18-19H,10-14H2,1-4H3,(H,27,35)(H,28,29,31,36)/t18-,19-/m1/s1. The average molecular weight is 540 g/mol. The molecule has 0 spiro atoms. The minimum Gasteiger partial charge on any atom is -0.468 e. The number of esters is 1. The summed E-state index contributed by atoms with van der Waals surface area (Å²) in [6.45, 7) is 6.33. The van der Waals surface area contributed by atoms with Gasteiger partial charge in [-0.2, -0.15) is 0 Å². The van der Waals surface area contributed by atoms with E-state index in [4.69, 9.17) is 14.2 Å². The van der Waals surface area contributed by atoms with Crippen molar-refractivity contribution >= 4 is 35.1 Å². The van der Waals surface area contributed by atoms with Gasteiger partial charge in [-0.05, 0) is 32.8 Å². The number of hydrogen-bond acceptors (Lipinski definition) is 10. The highest BCUT2D eigenvalue weighted by molar-refractivity contribution is 5.93. The summed E-state index contributed by atoms with van der Waals surface area (Å²) >= 11 is 0. The van der Waals surface area contributed by atoms with Gasteiger partial charge in [-0.15, -0.1) is 0 Å². The number of rotatable bonds is 8. The lowest BCUT2D eigenvalue weighted by molar-refractivity contribution is -0.142. The molecule has 0 bridgehead atoms. The first-order chi connectivity index (χ1) is 18.6. The topological polar surface area (TPSA) is 150 Å². The number of anilines is 1. The van der Waals surface area contributed by atoms with E-state index in [1.54, 1.807) is 27.1 Å². The van der Waals surface area contributed by atoms with Crippen molar-refractivity contribution in [2.45, 2.75) is 51.5 Å². The third-order valence-electron chi connectivity index (χ3n) is 6.13. The molecule has 3 aromatic rings. The van der Waals surface area contributed by atoms with E-state index in [1.807, 2.05) is 39.8 Å². The Labute approximate surface area is 225 Å². The van der Waals surface area contributed by atoms with Crippen molar-refractivity contribution in [1.29, 1.82) is 0 Å². The van der Waals surface area contributed by atoms with Crippen molar-refractivity contribution in [2.24, 2.45) is 0 Å². The first kappa shape index (κ1) is 27.8. The molecule has 1 aliphatic rings. The molecule has 1 saturated heterocycles. The van der Waals surface area contributed by atoms with Crippen LogP contribution < -0.4 is 10.6 Å². The van der Waals surface area contributed by atoms with E-state index in [1.165, 1.54) is 13.4 Å². The van der Waals surface area contributed by atoms with Gasteiger partial charge in [0.25, 0.3) is 0 Å². The Morgan fingerprint density at radius 3 is 2.56 bits per heavy atom. The number of fused-ring (bicyclic) bond motifs is 1. The normalized spacial score (nSPS) is 17.5. The summed E-state index contributed by atoms with van der Waals surface area (Å²) < 4.78 is 17.4. The summed E-state index contributed by atoms with van der Waals surface area (Å²) in [5.41, 5.74) is 1.16. The van der Waals surface area contributed by atoms with Crippen LogP contribution in [0.5, 0.6) is 0 Å². The quantitative estimate of drug-likeness (QED) is 0.323. The van der Waals surface area contributed by atoms with Crippen molar-refractivity contribution in [2.75, 3.05) is 32.1 Å². The maximum absolute atomic E-state index is 12.4. The zero-order valence-electron chi connectivity index (χ0n) is 22.4. The van der Waals surface area contributed by atoms with Crippen LogP contribution >= 0.6 is 0 Å². The molecule has 2 N–H and O–H groups in total. The predicted molar refractivity (Wildman–Crippen MR) is 141 cm³/mol. The van der Waals surface area contributed by atoms with Gasteiger partial charge in [-0.3, -0.25) is 15.0 Å². The summed E-state index contributed by atoms with van der Waals surface area (Å²) in [4.78, 5) is 51.6. The molecule has 0 aliphatic carbocycles. The number of nitrogens with one attached hydrogen (secondary N) is 2. The summed E-state index contributed by atoms with van der Waals surface area (Å²) in [6.07, 6.45) is 2.39. The first-order valence-corrected chi connectivity index (χ1v) is 12.6. The molecule has 2 atom stereocenters. The fourth-order valence-electron chi connectivity index (χ4n) is 4.38. The fraction of sp³-hybridized carbons (Fsp3) is 0.462. The summed E-state index contributed by atoms with van der Waals surface area (Å²) in [5, 5.41) is 5.43. The number of amides is 2. The molecule has 2 amide bonds. The largest absolute Gasteiger partial charge is 0.468 e. The van der Waals surface area contributed by atoms with Crippen molar-refractivity contribution in [1.82, 2.24) is 29.7 Å². The van der Waals surface area contributed by atoms with E-state index in [0.29, 0.717) is 24.1 Å². The smallest absolute Gasteiger partial charge is 0.413 e. The minimum absolute atomic E-state index is 0.0648. The van der Waals surface area contributed by atoms with E-state index >= 15 is 0 Å². The molecular weight excluding hydrogens is 506 g/mol. The molecule has 3 heterocycles. The van der Waals surface area contributed by atoms with Crippen LogP contribution in [0.4, 0.5) is 15.4 Å². The van der Waals surface area contributed by atoms with Crippen LogP contribution in [0.1, 0.15) is 38.8 Å². The highest BCUT2D eigenvalue weighted by Gasteiger charge is 2.36. The Morgan fingerprint density at radius 2 is 1.85 bits per heavy atom. The number of carbonyl (C=O) groups is 3. The Kier molecular flexibility index (Phi) is 8.59. The zero-order chi connectivity index (χ0) is 28.0. The molecule has 13 nitrogen and oxygen atoms in total. The number of imidazole rings is 1. The zero-order valence-corrected chi connectivity index (χ0v) is 22.4. The Morgan fingerprint density at radius 1 is 1.08 bits per heavy atom. The fourth-order valence-corrected chi connectivity index (χ4v) is 4.38. The number of likely N-dealkylation sites (tertiary alicyclic amines) is 1. The first-order valence-electron chi connectivity index (χ1n) is 12.6. The molecule has 39 heavy (non-hydrogen) atoms. The number of nitrogens with zero attached hydrogens (tertiary/aromatic N) is 5. The van der Waals surface area contributed by atoms with E-state index in [-0.39, 0.29) is 43.6 Å². The Hall–Kier alpha value is -4.26. The van der Waals surface area contributed by atoms with Crippen LogP contribution in [0.15, 0.2) is 43.0 Å². The summed E-state index contributed by atoms with van der Waals surface area (Å²) in [5.74, 6) is -0.152. The van der Waals surface area contributed by atoms with Gasteiger partial charge in [0, 0.05) is 19.1 Å². The van der Waals surface area contributed by atoms with Crippen molar-refractivity contribution in [3.05, 3.63) is 48.5 Å². The predicted octanol–water partition coefficient (Wildman–Crippen LogP) is 2.89. The molecule has 0 unspecified atom stereocenters. The van der Waals surface area contributed by atoms with Gasteiger partial charge in [0.2, 0.25) is 0 Å². The second-order valence-corrected chi connectivity index (χ2v) is 10.2. The molecule has 4 rings (SSSR count). The second-order valence-electron chi connectivity index (χ2n) is 10.2. The average Bonchev–Trinajstić information content (AvgIpc) is 3.50. The minimum atomic E-state index is -0.660. The SMILES string of the molecule is COC(=O)CN1C[C@H](n2cnc3c(NC(=O)OCc4ccccc4)ncnc32)C[C@@H]1CNC(=O)OC(C)(C)C. The van der Waals surface area contributed by atoms with Gasteiger partial charge in [0.15, 0.2) is 17.0 Å². The van der Waals surface area contributed by atoms with Crippen LogP contribution in [-0.4, -0.2) is 81.0 Å². The van der Waals surface area contributed by atoms with E-state index in [2.05, 4.69) is 25.6 Å². The third-order valence-corrected chi connectivity index (χ3v) is 6.13. The van der Waals surface area contributed by atoms with E-state index in [0.717, 1.165) is 5.56 Å². The van der Waals surface area contributed by atoms with Gasteiger partial charge >= 0.3 is 18.2 Å². The molecular formula is C26H33N7O6. The molecule has 1 aliphatic heterocycles. The van der Waals surface area contributed by atoms with E-state index < -0.39 is 17.8 Å². The monoisotopic (exact) mass is 539 g/mol. The number of aromatic nitrogens is 4. The van der Waals surface area contributed by atoms with Crippen LogP contribution in [-0.2, 0) is 25.6 Å². The maximum atomic E-state index is 12.4. The Balaban J connectivity index is 1.45. The van der Waals surface area contributed by atoms with Gasteiger partial charge in [-0.1, -0.05) is 30.3 Å². The Bertz CT molecular complexity index is 1310. The van der Waals surface area contributed by atoms with Gasteiger partial charge in [-0.25, -0.2) is 24.5 Å². The van der Waals surface area contributed by atoms with Crippen LogP contribution in [0.25, 0.3) is 11.2 Å². The molecule has 2 aromatic heterocycles. The summed E-state index contributed by atoms with van der Waals surface area (Å²) in [6, 6.07) is 9.06. The molecule has 0 radical (unpaired) electrons. The third kappa shape index (κ3) is 7.41. The molecule has 13 heteroatoms. The number of ether oxygens (including phenoxy) is 3. The number of methoxy groups -OCH3 is 1. The van der Waals surface area contributed by atoms with E-state index in [9.17, 15) is 14.4 Å². The molecule has 1 fully saturated rings. The van der Waals surface area contributed by atoms with Gasteiger partial charge in [0.05, 0.1) is 26.0 Å². The van der Waals surface area contributed by atoms with Crippen LogP contribution in [0, 0.1) is 0 Å². The molecule has 0 saturated carbocycles. The number of alkyl carbamates (subject to hydrolysis) is 1. The lowest BCUT2D eigenvalue weighted by Gasteiger charge is -2.24.